The lowest BCUT2D eigenvalue weighted by Gasteiger charge is -2.13. The number of aliphatic hydroxyl groups excluding tert-OH is 1. The molecule has 0 aliphatic carbocycles. The van der Waals surface area contributed by atoms with Gasteiger partial charge in [0, 0.05) is 19.2 Å². The molecule has 3 N–H and O–H groups in total. The molecule has 0 aliphatic rings. The number of halogens is 1. The molecule has 0 amide bonds. The zero-order chi connectivity index (χ0) is 13.5. The van der Waals surface area contributed by atoms with Gasteiger partial charge in [-0.3, -0.25) is 0 Å². The third-order valence-corrected chi connectivity index (χ3v) is 2.71. The van der Waals surface area contributed by atoms with Gasteiger partial charge in [-0.2, -0.15) is 0 Å². The van der Waals surface area contributed by atoms with Crippen molar-refractivity contribution in [3.8, 4) is 0 Å². The summed E-state index contributed by atoms with van der Waals surface area (Å²) in [5, 5.41) is 20.6. The van der Waals surface area contributed by atoms with Crippen molar-refractivity contribution in [2.45, 2.75) is 32.4 Å². The zero-order valence-electron chi connectivity index (χ0n) is 10.3. The maximum Gasteiger partial charge on any atom is 0.338 e. The van der Waals surface area contributed by atoms with Crippen LogP contribution < -0.4 is 5.32 Å². The van der Waals surface area contributed by atoms with E-state index in [1.165, 1.54) is 12.1 Å². The number of carboxylic acids is 1. The van der Waals surface area contributed by atoms with Gasteiger partial charge in [0.2, 0.25) is 0 Å². The molecule has 5 heteroatoms. The summed E-state index contributed by atoms with van der Waals surface area (Å²) in [5.74, 6) is -1.98. The molecule has 18 heavy (non-hydrogen) atoms. The van der Waals surface area contributed by atoms with Gasteiger partial charge in [0.25, 0.3) is 0 Å². The fourth-order valence-corrected chi connectivity index (χ4v) is 1.63. The Morgan fingerprint density at radius 3 is 2.78 bits per heavy atom. The molecule has 1 atom stereocenters. The minimum Gasteiger partial charge on any atom is -0.478 e. The molecule has 1 aromatic rings. The second-order valence-electron chi connectivity index (χ2n) is 4.27. The molecule has 0 bridgehead atoms. The molecule has 1 unspecified atom stereocenters. The van der Waals surface area contributed by atoms with E-state index >= 15 is 0 Å². The molecule has 1 rings (SSSR count). The first-order valence-corrected chi connectivity index (χ1v) is 5.90. The molecule has 0 fully saturated rings. The van der Waals surface area contributed by atoms with Gasteiger partial charge in [-0.1, -0.05) is 6.07 Å². The van der Waals surface area contributed by atoms with Crippen LogP contribution >= 0.6 is 0 Å². The largest absolute Gasteiger partial charge is 0.478 e. The average Bonchev–Trinajstić information content (AvgIpc) is 2.33. The normalized spacial score (nSPS) is 12.4. The van der Waals surface area contributed by atoms with E-state index in [-0.39, 0.29) is 18.2 Å². The van der Waals surface area contributed by atoms with Crippen LogP contribution in [0.25, 0.3) is 0 Å². The van der Waals surface area contributed by atoms with Gasteiger partial charge in [-0.05, 0) is 37.5 Å². The highest BCUT2D eigenvalue weighted by Gasteiger charge is 2.10. The smallest absolute Gasteiger partial charge is 0.338 e. The molecule has 0 aromatic heterocycles. The predicted molar refractivity (Wildman–Crippen MR) is 66.0 cm³/mol. The van der Waals surface area contributed by atoms with Crippen LogP contribution in [0.5, 0.6) is 0 Å². The van der Waals surface area contributed by atoms with Crippen LogP contribution in [0.15, 0.2) is 18.2 Å². The second-order valence-corrected chi connectivity index (χ2v) is 4.27. The lowest BCUT2D eigenvalue weighted by molar-refractivity contribution is 0.0692. The van der Waals surface area contributed by atoms with E-state index < -0.39 is 11.8 Å². The molecule has 0 spiro atoms. The number of rotatable bonds is 7. The zero-order valence-corrected chi connectivity index (χ0v) is 10.3. The van der Waals surface area contributed by atoms with Crippen LogP contribution in [0, 0.1) is 5.82 Å². The third-order valence-electron chi connectivity index (χ3n) is 2.71. The first kappa shape index (κ1) is 14.6. The Morgan fingerprint density at radius 1 is 1.50 bits per heavy atom. The Bertz CT molecular complexity index is 409. The maximum absolute atomic E-state index is 13.4. The SMILES string of the molecule is CC(CCCO)NCc1ccc(C(=O)O)c(F)c1. The fourth-order valence-electron chi connectivity index (χ4n) is 1.63. The van der Waals surface area contributed by atoms with E-state index in [9.17, 15) is 9.18 Å². The molecule has 0 heterocycles. The van der Waals surface area contributed by atoms with Crippen molar-refractivity contribution in [2.24, 2.45) is 0 Å². The third kappa shape index (κ3) is 4.43. The van der Waals surface area contributed by atoms with Crippen LogP contribution in [0.2, 0.25) is 0 Å². The van der Waals surface area contributed by atoms with Gasteiger partial charge in [0.05, 0.1) is 5.56 Å². The molecule has 100 valence electrons. The number of aliphatic hydroxyl groups is 1. The number of aromatic carboxylic acids is 1. The summed E-state index contributed by atoms with van der Waals surface area (Å²) in [6.07, 6.45) is 1.56. The minimum atomic E-state index is -1.26. The van der Waals surface area contributed by atoms with E-state index in [2.05, 4.69) is 5.32 Å². The molecule has 1 aromatic carbocycles. The Balaban J connectivity index is 2.53. The highest BCUT2D eigenvalue weighted by molar-refractivity contribution is 5.87. The highest BCUT2D eigenvalue weighted by Crippen LogP contribution is 2.11. The Kier molecular flexibility index (Phi) is 5.74. The molecule has 0 saturated heterocycles. The summed E-state index contributed by atoms with van der Waals surface area (Å²) in [7, 11) is 0. The predicted octanol–water partition coefficient (Wildman–Crippen LogP) is 1.77. The molecule has 0 radical (unpaired) electrons. The first-order valence-electron chi connectivity index (χ1n) is 5.90. The molecular formula is C13H18FNO3. The topological polar surface area (TPSA) is 69.6 Å². The number of benzene rings is 1. The Hall–Kier alpha value is -1.46. The number of carbonyl (C=O) groups is 1. The minimum absolute atomic E-state index is 0.161. The van der Waals surface area contributed by atoms with Crippen LogP contribution in [-0.4, -0.2) is 28.8 Å². The van der Waals surface area contributed by atoms with Gasteiger partial charge in [0.1, 0.15) is 5.82 Å². The van der Waals surface area contributed by atoms with Gasteiger partial charge < -0.3 is 15.5 Å². The van der Waals surface area contributed by atoms with Gasteiger partial charge in [-0.15, -0.1) is 0 Å². The lowest BCUT2D eigenvalue weighted by Crippen LogP contribution is -2.25. The molecule has 4 nitrogen and oxygen atoms in total. The summed E-state index contributed by atoms with van der Waals surface area (Å²) in [6.45, 7) is 2.62. The number of nitrogens with one attached hydrogen (secondary N) is 1. The van der Waals surface area contributed by atoms with Crippen LogP contribution in [0.4, 0.5) is 4.39 Å². The molecular weight excluding hydrogens is 237 g/mol. The van der Waals surface area contributed by atoms with E-state index in [1.54, 1.807) is 6.07 Å². The number of carboxylic acid groups (broad SMARTS) is 1. The maximum atomic E-state index is 13.4. The molecule has 0 saturated carbocycles. The average molecular weight is 255 g/mol. The summed E-state index contributed by atoms with van der Waals surface area (Å²) in [4.78, 5) is 10.6. The number of hydrogen-bond acceptors (Lipinski definition) is 3. The van der Waals surface area contributed by atoms with Crippen LogP contribution in [-0.2, 0) is 6.54 Å². The van der Waals surface area contributed by atoms with Crippen LogP contribution in [0.3, 0.4) is 0 Å². The summed E-state index contributed by atoms with van der Waals surface area (Å²) in [5.41, 5.74) is 0.389. The highest BCUT2D eigenvalue weighted by atomic mass is 19.1. The summed E-state index contributed by atoms with van der Waals surface area (Å²) >= 11 is 0. The van der Waals surface area contributed by atoms with Gasteiger partial charge >= 0.3 is 5.97 Å². The summed E-state index contributed by atoms with van der Waals surface area (Å²) < 4.78 is 13.4. The summed E-state index contributed by atoms with van der Waals surface area (Å²) in [6, 6.07) is 4.32. The van der Waals surface area contributed by atoms with Crippen molar-refractivity contribution in [2.75, 3.05) is 6.61 Å². The van der Waals surface area contributed by atoms with Gasteiger partial charge in [-0.25, -0.2) is 9.18 Å². The van der Waals surface area contributed by atoms with Crippen molar-refractivity contribution in [1.29, 1.82) is 0 Å². The quantitative estimate of drug-likeness (QED) is 0.694. The standard InChI is InChI=1S/C13H18FNO3/c1-9(3-2-6-16)15-8-10-4-5-11(13(17)18)12(14)7-10/h4-5,7,9,15-16H,2-3,6,8H2,1H3,(H,17,18). The Labute approximate surface area is 105 Å². The van der Waals surface area contributed by atoms with Crippen molar-refractivity contribution in [1.82, 2.24) is 5.32 Å². The van der Waals surface area contributed by atoms with E-state index in [0.717, 1.165) is 12.8 Å². The lowest BCUT2D eigenvalue weighted by atomic mass is 10.1. The van der Waals surface area contributed by atoms with Crippen molar-refractivity contribution in [3.05, 3.63) is 35.1 Å². The molecule has 0 aliphatic heterocycles. The van der Waals surface area contributed by atoms with Crippen molar-refractivity contribution in [3.63, 3.8) is 0 Å². The van der Waals surface area contributed by atoms with E-state index in [4.69, 9.17) is 10.2 Å². The monoisotopic (exact) mass is 255 g/mol. The Morgan fingerprint density at radius 2 is 2.22 bits per heavy atom. The number of hydrogen-bond donors (Lipinski definition) is 3. The van der Waals surface area contributed by atoms with Crippen LogP contribution in [0.1, 0.15) is 35.7 Å². The fraction of sp³-hybridized carbons (Fsp3) is 0.462. The first-order chi connectivity index (χ1) is 8.54. The van der Waals surface area contributed by atoms with Gasteiger partial charge in [0.15, 0.2) is 0 Å². The van der Waals surface area contributed by atoms with Crippen molar-refractivity contribution >= 4 is 5.97 Å². The second kappa shape index (κ2) is 7.08. The van der Waals surface area contributed by atoms with E-state index in [0.29, 0.717) is 12.1 Å². The van der Waals surface area contributed by atoms with Crippen molar-refractivity contribution < 1.29 is 19.4 Å². The van der Waals surface area contributed by atoms with E-state index in [1.807, 2.05) is 6.92 Å².